The van der Waals surface area contributed by atoms with Crippen LogP contribution >= 0.6 is 0 Å². The molecule has 0 spiro atoms. The first-order chi connectivity index (χ1) is 13.1. The number of benzene rings is 1. The SMILES string of the molecule is CCN(CC)c1ccc(CNC(=NC)NC(C)COC2CCOC2)cc1F. The summed E-state index contributed by atoms with van der Waals surface area (Å²) in [5.74, 6) is 0.475. The van der Waals surface area contributed by atoms with Gasteiger partial charge in [0, 0.05) is 39.3 Å². The molecule has 2 atom stereocenters. The molecule has 27 heavy (non-hydrogen) atoms. The second kappa shape index (κ2) is 11.1. The van der Waals surface area contributed by atoms with Crippen molar-refractivity contribution in [3.63, 3.8) is 0 Å². The third-order valence-corrected chi connectivity index (χ3v) is 4.65. The number of halogens is 1. The molecule has 0 aromatic heterocycles. The molecule has 0 radical (unpaired) electrons. The van der Waals surface area contributed by atoms with E-state index in [9.17, 15) is 4.39 Å². The molecule has 0 amide bonds. The van der Waals surface area contributed by atoms with E-state index in [0.717, 1.165) is 31.7 Å². The maximum atomic E-state index is 14.4. The molecule has 152 valence electrons. The molecule has 1 aromatic carbocycles. The van der Waals surface area contributed by atoms with Crippen molar-refractivity contribution in [1.82, 2.24) is 10.6 Å². The first kappa shape index (κ1) is 21.4. The van der Waals surface area contributed by atoms with Crippen LogP contribution < -0.4 is 15.5 Å². The van der Waals surface area contributed by atoms with E-state index < -0.39 is 0 Å². The van der Waals surface area contributed by atoms with Crippen molar-refractivity contribution in [2.75, 3.05) is 44.9 Å². The van der Waals surface area contributed by atoms with Gasteiger partial charge in [-0.25, -0.2) is 4.39 Å². The van der Waals surface area contributed by atoms with Gasteiger partial charge in [0.05, 0.1) is 25.0 Å². The Bertz CT molecular complexity index is 602. The summed E-state index contributed by atoms with van der Waals surface area (Å²) in [5.41, 5.74) is 1.52. The Labute approximate surface area is 162 Å². The van der Waals surface area contributed by atoms with Gasteiger partial charge in [-0.1, -0.05) is 6.07 Å². The summed E-state index contributed by atoms with van der Waals surface area (Å²) >= 11 is 0. The molecule has 2 rings (SSSR count). The Kier molecular flexibility index (Phi) is 8.81. The molecule has 1 aliphatic heterocycles. The normalized spacial score (nSPS) is 18.4. The minimum atomic E-state index is -0.193. The van der Waals surface area contributed by atoms with Gasteiger partial charge in [-0.2, -0.15) is 0 Å². The molecule has 0 aliphatic carbocycles. The van der Waals surface area contributed by atoms with Crippen molar-refractivity contribution in [2.24, 2.45) is 4.99 Å². The summed E-state index contributed by atoms with van der Waals surface area (Å²) in [6.07, 6.45) is 1.14. The molecule has 0 bridgehead atoms. The second-order valence-electron chi connectivity index (χ2n) is 6.75. The lowest BCUT2D eigenvalue weighted by molar-refractivity contribution is 0.0347. The molecule has 1 aliphatic rings. The van der Waals surface area contributed by atoms with E-state index in [1.165, 1.54) is 0 Å². The van der Waals surface area contributed by atoms with Crippen LogP contribution in [0.5, 0.6) is 0 Å². The molecular weight excluding hydrogens is 347 g/mol. The van der Waals surface area contributed by atoms with Gasteiger partial charge in [0.1, 0.15) is 5.82 Å². The number of hydrogen-bond donors (Lipinski definition) is 2. The highest BCUT2D eigenvalue weighted by molar-refractivity contribution is 5.79. The molecular formula is C20H33FN4O2. The quantitative estimate of drug-likeness (QED) is 0.509. The Morgan fingerprint density at radius 3 is 2.78 bits per heavy atom. The maximum Gasteiger partial charge on any atom is 0.191 e. The topological polar surface area (TPSA) is 58.1 Å². The zero-order valence-corrected chi connectivity index (χ0v) is 16.9. The molecule has 6 nitrogen and oxygen atoms in total. The average Bonchev–Trinajstić information content (AvgIpc) is 3.19. The standard InChI is InChI=1S/C20H33FN4O2/c1-5-25(6-2)19-8-7-16(11-18(19)21)12-23-20(22-4)24-15(3)13-27-17-9-10-26-14-17/h7-8,11,15,17H,5-6,9-10,12-14H2,1-4H3,(H2,22,23,24). The van der Waals surface area contributed by atoms with E-state index in [1.807, 2.05) is 37.8 Å². The predicted octanol–water partition coefficient (Wildman–Crippen LogP) is 2.53. The van der Waals surface area contributed by atoms with Crippen LogP contribution in [0.25, 0.3) is 0 Å². The molecule has 2 unspecified atom stereocenters. The van der Waals surface area contributed by atoms with Crippen molar-refractivity contribution >= 4 is 11.6 Å². The molecule has 0 saturated carbocycles. The van der Waals surface area contributed by atoms with Crippen LogP contribution in [0.2, 0.25) is 0 Å². The lowest BCUT2D eigenvalue weighted by Crippen LogP contribution is -2.44. The Balaban J connectivity index is 1.81. The maximum absolute atomic E-state index is 14.4. The highest BCUT2D eigenvalue weighted by Crippen LogP contribution is 2.20. The van der Waals surface area contributed by atoms with Gasteiger partial charge < -0.3 is 25.0 Å². The van der Waals surface area contributed by atoms with Gasteiger partial charge >= 0.3 is 0 Å². The van der Waals surface area contributed by atoms with Gasteiger partial charge in [0.25, 0.3) is 0 Å². The molecule has 2 N–H and O–H groups in total. The van der Waals surface area contributed by atoms with Gasteiger partial charge in [-0.15, -0.1) is 0 Å². The molecule has 1 aromatic rings. The zero-order chi connectivity index (χ0) is 19.6. The minimum Gasteiger partial charge on any atom is -0.379 e. The Morgan fingerprint density at radius 1 is 1.41 bits per heavy atom. The fourth-order valence-electron chi connectivity index (χ4n) is 3.06. The van der Waals surface area contributed by atoms with Gasteiger partial charge in [-0.05, 0) is 44.9 Å². The van der Waals surface area contributed by atoms with E-state index in [4.69, 9.17) is 9.47 Å². The van der Waals surface area contributed by atoms with E-state index in [1.54, 1.807) is 13.1 Å². The van der Waals surface area contributed by atoms with Crippen LogP contribution in [0.15, 0.2) is 23.2 Å². The summed E-state index contributed by atoms with van der Waals surface area (Å²) < 4.78 is 25.5. The third-order valence-electron chi connectivity index (χ3n) is 4.65. The first-order valence-electron chi connectivity index (χ1n) is 9.77. The number of nitrogens with zero attached hydrogens (tertiary/aromatic N) is 2. The molecule has 1 fully saturated rings. The third kappa shape index (κ3) is 6.66. The molecule has 7 heteroatoms. The largest absolute Gasteiger partial charge is 0.379 e. The summed E-state index contributed by atoms with van der Waals surface area (Å²) in [4.78, 5) is 6.23. The van der Waals surface area contributed by atoms with Crippen molar-refractivity contribution in [2.45, 2.75) is 45.9 Å². The van der Waals surface area contributed by atoms with Crippen LogP contribution in [0.3, 0.4) is 0 Å². The Hall–Kier alpha value is -1.86. The van der Waals surface area contributed by atoms with Crippen LogP contribution in [0, 0.1) is 5.82 Å². The molecule has 1 saturated heterocycles. The number of nitrogens with one attached hydrogen (secondary N) is 2. The fraction of sp³-hybridized carbons (Fsp3) is 0.650. The highest BCUT2D eigenvalue weighted by Gasteiger charge is 2.17. The summed E-state index contributed by atoms with van der Waals surface area (Å²) in [6, 6.07) is 5.48. The zero-order valence-electron chi connectivity index (χ0n) is 16.9. The number of hydrogen-bond acceptors (Lipinski definition) is 4. The van der Waals surface area contributed by atoms with E-state index in [-0.39, 0.29) is 18.0 Å². The van der Waals surface area contributed by atoms with Crippen molar-refractivity contribution in [3.05, 3.63) is 29.6 Å². The van der Waals surface area contributed by atoms with Gasteiger partial charge in [-0.3, -0.25) is 4.99 Å². The Morgan fingerprint density at radius 2 is 2.19 bits per heavy atom. The van der Waals surface area contributed by atoms with Gasteiger partial charge in [0.2, 0.25) is 0 Å². The average molecular weight is 381 g/mol. The van der Waals surface area contributed by atoms with E-state index >= 15 is 0 Å². The second-order valence-corrected chi connectivity index (χ2v) is 6.75. The summed E-state index contributed by atoms with van der Waals surface area (Å²) in [7, 11) is 1.72. The molecule has 1 heterocycles. The minimum absolute atomic E-state index is 0.110. The van der Waals surface area contributed by atoms with Crippen molar-refractivity contribution in [3.8, 4) is 0 Å². The summed E-state index contributed by atoms with van der Waals surface area (Å²) in [5, 5.41) is 6.52. The number of aliphatic imine (C=N–C) groups is 1. The van der Waals surface area contributed by atoms with E-state index in [2.05, 4.69) is 15.6 Å². The fourth-order valence-corrected chi connectivity index (χ4v) is 3.06. The number of rotatable bonds is 9. The van der Waals surface area contributed by atoms with Crippen LogP contribution in [0.4, 0.5) is 10.1 Å². The van der Waals surface area contributed by atoms with E-state index in [0.29, 0.717) is 31.4 Å². The monoisotopic (exact) mass is 380 g/mol. The lowest BCUT2D eigenvalue weighted by atomic mass is 10.2. The number of guanidine groups is 1. The predicted molar refractivity (Wildman–Crippen MR) is 108 cm³/mol. The van der Waals surface area contributed by atoms with Crippen LogP contribution in [0.1, 0.15) is 32.8 Å². The smallest absolute Gasteiger partial charge is 0.191 e. The van der Waals surface area contributed by atoms with Crippen molar-refractivity contribution < 1.29 is 13.9 Å². The van der Waals surface area contributed by atoms with Crippen molar-refractivity contribution in [1.29, 1.82) is 0 Å². The van der Waals surface area contributed by atoms with Crippen LogP contribution in [-0.2, 0) is 16.0 Å². The number of anilines is 1. The number of ether oxygens (including phenoxy) is 2. The highest BCUT2D eigenvalue weighted by atomic mass is 19.1. The lowest BCUT2D eigenvalue weighted by Gasteiger charge is -2.22. The first-order valence-corrected chi connectivity index (χ1v) is 9.77. The van der Waals surface area contributed by atoms with Gasteiger partial charge in [0.15, 0.2) is 5.96 Å². The summed E-state index contributed by atoms with van der Waals surface area (Å²) in [6.45, 7) is 10.2. The van der Waals surface area contributed by atoms with Crippen LogP contribution in [-0.4, -0.2) is 58.1 Å².